The van der Waals surface area contributed by atoms with Gasteiger partial charge in [0, 0.05) is 29.5 Å². The number of nitrogens with one attached hydrogen (secondary N) is 1. The molecule has 98 valence electrons. The van der Waals surface area contributed by atoms with Crippen LogP contribution in [0, 0.1) is 11.3 Å². The number of rotatable bonds is 4. The van der Waals surface area contributed by atoms with Crippen LogP contribution < -0.4 is 5.32 Å². The Morgan fingerprint density at radius 1 is 1.42 bits per heavy atom. The predicted molar refractivity (Wildman–Crippen MR) is 77.2 cm³/mol. The van der Waals surface area contributed by atoms with E-state index in [1.54, 1.807) is 12.1 Å². The van der Waals surface area contributed by atoms with E-state index in [9.17, 15) is 0 Å². The Morgan fingerprint density at radius 2 is 2.21 bits per heavy atom. The maximum Gasteiger partial charge on any atom is 0.0992 e. The second kappa shape index (κ2) is 5.92. The summed E-state index contributed by atoms with van der Waals surface area (Å²) in [6.07, 6.45) is 2.04. The van der Waals surface area contributed by atoms with Gasteiger partial charge >= 0.3 is 0 Å². The highest BCUT2D eigenvalue weighted by molar-refractivity contribution is 6.31. The van der Waals surface area contributed by atoms with Crippen LogP contribution in [0.5, 0.6) is 0 Å². The van der Waals surface area contributed by atoms with Crippen molar-refractivity contribution in [3.63, 3.8) is 0 Å². The van der Waals surface area contributed by atoms with Crippen LogP contribution in [0.1, 0.15) is 29.8 Å². The minimum Gasteiger partial charge on any atom is -0.346 e. The molecular formula is C15H16ClN3. The van der Waals surface area contributed by atoms with Crippen molar-refractivity contribution in [1.29, 1.82) is 5.26 Å². The molecule has 1 N–H and O–H groups in total. The molecule has 0 fully saturated rings. The van der Waals surface area contributed by atoms with E-state index in [0.717, 1.165) is 5.56 Å². The molecular weight excluding hydrogens is 258 g/mol. The fraction of sp³-hybridized carbons (Fsp3) is 0.267. The third-order valence-electron chi connectivity index (χ3n) is 3.26. The van der Waals surface area contributed by atoms with Gasteiger partial charge in [0.1, 0.15) is 0 Å². The Kier molecular flexibility index (Phi) is 4.26. The van der Waals surface area contributed by atoms with Crippen molar-refractivity contribution in [3.05, 3.63) is 58.4 Å². The Morgan fingerprint density at radius 3 is 2.84 bits per heavy atom. The van der Waals surface area contributed by atoms with Crippen LogP contribution in [0.15, 0.2) is 36.5 Å². The van der Waals surface area contributed by atoms with Crippen molar-refractivity contribution < 1.29 is 0 Å². The molecule has 0 aliphatic heterocycles. The van der Waals surface area contributed by atoms with E-state index >= 15 is 0 Å². The lowest BCUT2D eigenvalue weighted by atomic mass is 10.1. The molecule has 1 aromatic heterocycles. The van der Waals surface area contributed by atoms with Gasteiger partial charge in [-0.3, -0.25) is 0 Å². The molecule has 0 saturated heterocycles. The molecule has 1 unspecified atom stereocenters. The molecule has 1 heterocycles. The van der Waals surface area contributed by atoms with Gasteiger partial charge in [0.25, 0.3) is 0 Å². The van der Waals surface area contributed by atoms with E-state index in [4.69, 9.17) is 16.9 Å². The van der Waals surface area contributed by atoms with Gasteiger partial charge in [0.05, 0.1) is 11.6 Å². The Labute approximate surface area is 118 Å². The average molecular weight is 274 g/mol. The third-order valence-corrected chi connectivity index (χ3v) is 3.62. The van der Waals surface area contributed by atoms with E-state index in [2.05, 4.69) is 28.9 Å². The largest absolute Gasteiger partial charge is 0.346 e. The lowest BCUT2D eigenvalue weighted by Gasteiger charge is -2.15. The van der Waals surface area contributed by atoms with Gasteiger partial charge in [-0.2, -0.15) is 5.26 Å². The minimum atomic E-state index is 0.284. The van der Waals surface area contributed by atoms with Crippen LogP contribution in [-0.4, -0.2) is 11.6 Å². The van der Waals surface area contributed by atoms with Crippen molar-refractivity contribution >= 4 is 11.6 Å². The Bertz CT molecular complexity index is 610. The summed E-state index contributed by atoms with van der Waals surface area (Å²) < 4.78 is 2.16. The molecule has 2 rings (SSSR count). The number of nitrogens with zero attached hydrogens (tertiary/aromatic N) is 2. The molecule has 0 aliphatic rings. The van der Waals surface area contributed by atoms with E-state index in [-0.39, 0.29) is 6.04 Å². The van der Waals surface area contributed by atoms with Crippen molar-refractivity contribution in [2.45, 2.75) is 19.5 Å². The quantitative estimate of drug-likeness (QED) is 0.928. The minimum absolute atomic E-state index is 0.284. The standard InChI is InChI=1S/C15H16ClN3/c1-11(18-2)15-4-3-7-19(15)10-13-6-5-12(9-17)8-14(13)16/h3-8,11,18H,10H2,1-2H3. The SMILES string of the molecule is CNC(C)c1cccn1Cc1ccc(C#N)cc1Cl. The first kappa shape index (κ1) is 13.7. The summed E-state index contributed by atoms with van der Waals surface area (Å²) in [7, 11) is 1.94. The van der Waals surface area contributed by atoms with Crippen LogP contribution in [0.4, 0.5) is 0 Å². The van der Waals surface area contributed by atoms with Gasteiger partial charge in [-0.1, -0.05) is 17.7 Å². The molecule has 0 aliphatic carbocycles. The van der Waals surface area contributed by atoms with Crippen molar-refractivity contribution in [2.24, 2.45) is 0 Å². The Hall–Kier alpha value is -1.76. The van der Waals surface area contributed by atoms with Crippen molar-refractivity contribution in [1.82, 2.24) is 9.88 Å². The first-order valence-corrected chi connectivity index (χ1v) is 6.54. The molecule has 1 aromatic carbocycles. The molecule has 0 saturated carbocycles. The first-order valence-electron chi connectivity index (χ1n) is 6.16. The molecule has 3 nitrogen and oxygen atoms in total. The van der Waals surface area contributed by atoms with Gasteiger partial charge < -0.3 is 9.88 Å². The summed E-state index contributed by atoms with van der Waals surface area (Å²) in [6, 6.07) is 11.9. The first-order chi connectivity index (χ1) is 9.15. The number of aromatic nitrogens is 1. The van der Waals surface area contributed by atoms with Crippen molar-refractivity contribution in [3.8, 4) is 6.07 Å². The average Bonchev–Trinajstić information content (AvgIpc) is 2.88. The predicted octanol–water partition coefficient (Wildman–Crippen LogP) is 3.34. The summed E-state index contributed by atoms with van der Waals surface area (Å²) in [5.74, 6) is 0. The normalized spacial score (nSPS) is 12.1. The lowest BCUT2D eigenvalue weighted by molar-refractivity contribution is 0.589. The van der Waals surface area contributed by atoms with Crippen LogP contribution in [0.3, 0.4) is 0 Å². The number of hydrogen-bond acceptors (Lipinski definition) is 2. The van der Waals surface area contributed by atoms with E-state index < -0.39 is 0 Å². The summed E-state index contributed by atoms with van der Waals surface area (Å²) >= 11 is 6.21. The van der Waals surface area contributed by atoms with Crippen molar-refractivity contribution in [2.75, 3.05) is 7.05 Å². The van der Waals surface area contributed by atoms with Gasteiger partial charge in [0.15, 0.2) is 0 Å². The summed E-state index contributed by atoms with van der Waals surface area (Å²) in [5.41, 5.74) is 2.81. The van der Waals surface area contributed by atoms with Crippen LogP contribution in [-0.2, 0) is 6.54 Å². The molecule has 2 aromatic rings. The molecule has 1 atom stereocenters. The number of halogens is 1. The fourth-order valence-corrected chi connectivity index (χ4v) is 2.28. The zero-order valence-corrected chi connectivity index (χ0v) is 11.8. The second-order valence-corrected chi connectivity index (χ2v) is 4.90. The highest BCUT2D eigenvalue weighted by Crippen LogP contribution is 2.21. The van der Waals surface area contributed by atoms with Gasteiger partial charge in [-0.25, -0.2) is 0 Å². The summed E-state index contributed by atoms with van der Waals surface area (Å²) in [5, 5.41) is 12.7. The molecule has 0 bridgehead atoms. The highest BCUT2D eigenvalue weighted by Gasteiger charge is 2.09. The Balaban J connectivity index is 2.27. The lowest BCUT2D eigenvalue weighted by Crippen LogP contribution is -2.17. The number of benzene rings is 1. The zero-order valence-electron chi connectivity index (χ0n) is 11.0. The molecule has 19 heavy (non-hydrogen) atoms. The molecule has 0 amide bonds. The summed E-state index contributed by atoms with van der Waals surface area (Å²) in [6.45, 7) is 2.82. The monoisotopic (exact) mass is 273 g/mol. The van der Waals surface area contributed by atoms with Crippen LogP contribution >= 0.6 is 11.6 Å². The topological polar surface area (TPSA) is 40.8 Å². The zero-order chi connectivity index (χ0) is 13.8. The van der Waals surface area contributed by atoms with Gasteiger partial charge in [0.2, 0.25) is 0 Å². The van der Waals surface area contributed by atoms with E-state index in [1.165, 1.54) is 5.69 Å². The maximum atomic E-state index is 8.84. The third kappa shape index (κ3) is 2.98. The fourth-order valence-electron chi connectivity index (χ4n) is 2.04. The maximum absolute atomic E-state index is 8.84. The van der Waals surface area contributed by atoms with E-state index in [1.807, 2.05) is 25.4 Å². The van der Waals surface area contributed by atoms with Crippen LogP contribution in [0.2, 0.25) is 5.02 Å². The second-order valence-electron chi connectivity index (χ2n) is 4.49. The van der Waals surface area contributed by atoms with Crippen LogP contribution in [0.25, 0.3) is 0 Å². The number of hydrogen-bond donors (Lipinski definition) is 1. The van der Waals surface area contributed by atoms with Gasteiger partial charge in [-0.05, 0) is 43.8 Å². The van der Waals surface area contributed by atoms with E-state index in [0.29, 0.717) is 17.1 Å². The molecule has 4 heteroatoms. The smallest absolute Gasteiger partial charge is 0.0992 e. The molecule has 0 radical (unpaired) electrons. The summed E-state index contributed by atoms with van der Waals surface area (Å²) in [4.78, 5) is 0. The highest BCUT2D eigenvalue weighted by atomic mass is 35.5. The van der Waals surface area contributed by atoms with Gasteiger partial charge in [-0.15, -0.1) is 0 Å². The number of nitriles is 1. The molecule has 0 spiro atoms.